The molecule has 3 heteroatoms. The van der Waals surface area contributed by atoms with Gasteiger partial charge in [-0.1, -0.05) is 46.3 Å². The van der Waals surface area contributed by atoms with E-state index in [4.69, 9.17) is 0 Å². The number of carbonyl (C=O) groups is 2. The highest BCUT2D eigenvalue weighted by Gasteiger charge is 2.31. The third kappa shape index (κ3) is 6.61. The Bertz CT molecular complexity index is 249. The number of hydrogen-bond acceptors (Lipinski definition) is 2. The molecule has 0 bridgehead atoms. The quantitative estimate of drug-likeness (QED) is 0.535. The molecule has 2 nitrogen and oxygen atoms in total. The summed E-state index contributed by atoms with van der Waals surface area (Å²) in [5.41, 5.74) is 0.279. The lowest BCUT2D eigenvalue weighted by atomic mass is 9.94. The zero-order valence-corrected chi connectivity index (χ0v) is 11.9. The fourth-order valence-corrected chi connectivity index (χ4v) is 3.67. The van der Waals surface area contributed by atoms with E-state index in [0.29, 0.717) is 0 Å². The van der Waals surface area contributed by atoms with Crippen molar-refractivity contribution in [2.45, 2.75) is 59.7 Å². The molecule has 0 heterocycles. The minimum atomic E-state index is -1.84. The molecule has 0 aliphatic rings. The maximum atomic E-state index is 11.8. The van der Waals surface area contributed by atoms with Crippen molar-refractivity contribution in [3.05, 3.63) is 0 Å². The number of rotatable bonds is 5. The van der Waals surface area contributed by atoms with Crippen molar-refractivity contribution >= 4 is 19.3 Å². The number of Topliss-reactive ketones (excluding diaryl/α,β-unsaturated/α-hetero) is 1. The maximum absolute atomic E-state index is 11.8. The second-order valence-corrected chi connectivity index (χ2v) is 11.1. The molecular weight excluding hydrogens is 204 g/mol. The summed E-state index contributed by atoms with van der Waals surface area (Å²) >= 11 is 0. The average Bonchev–Trinajstić information content (AvgIpc) is 1.98. The summed E-state index contributed by atoms with van der Waals surface area (Å²) in [5.74, 6) is -0.00339. The Morgan fingerprint density at radius 1 is 1.13 bits per heavy atom. The Hall–Kier alpha value is -0.443. The first-order valence-corrected chi connectivity index (χ1v) is 8.78. The molecule has 0 aromatic carbocycles. The first-order chi connectivity index (χ1) is 6.54. The van der Waals surface area contributed by atoms with Gasteiger partial charge in [-0.2, -0.15) is 0 Å². The highest BCUT2D eigenvalue weighted by Crippen LogP contribution is 2.26. The monoisotopic (exact) mass is 228 g/mol. The molecule has 0 spiro atoms. The van der Waals surface area contributed by atoms with Crippen LogP contribution in [0.1, 0.15) is 40.5 Å². The molecule has 0 saturated heterocycles. The zero-order chi connectivity index (χ0) is 12.3. The van der Waals surface area contributed by atoms with Crippen LogP contribution in [0.25, 0.3) is 0 Å². The second-order valence-electron chi connectivity index (χ2n) is 6.25. The minimum Gasteiger partial charge on any atom is -0.305 e. The number of ketones is 1. The third-order valence-corrected chi connectivity index (χ3v) is 5.85. The van der Waals surface area contributed by atoms with E-state index in [1.807, 2.05) is 0 Å². The van der Waals surface area contributed by atoms with Crippen LogP contribution in [-0.2, 0) is 9.59 Å². The van der Waals surface area contributed by atoms with Crippen LogP contribution in [0.5, 0.6) is 0 Å². The van der Waals surface area contributed by atoms with Gasteiger partial charge in [0.25, 0.3) is 0 Å². The fourth-order valence-electron chi connectivity index (χ4n) is 1.29. The summed E-state index contributed by atoms with van der Waals surface area (Å²) in [6, 6.07) is 0.989. The van der Waals surface area contributed by atoms with E-state index in [-0.39, 0.29) is 23.0 Å². The number of hydrogen-bond donors (Lipinski definition) is 0. The normalized spacial score (nSPS) is 12.7. The Morgan fingerprint density at radius 2 is 1.60 bits per heavy atom. The van der Waals surface area contributed by atoms with Crippen LogP contribution in [0.4, 0.5) is 0 Å². The molecule has 0 N–H and O–H groups in total. The van der Waals surface area contributed by atoms with Gasteiger partial charge in [0.1, 0.15) is 19.3 Å². The van der Waals surface area contributed by atoms with E-state index in [1.165, 1.54) is 6.92 Å². The van der Waals surface area contributed by atoms with Crippen molar-refractivity contribution in [3.8, 4) is 0 Å². The molecule has 0 radical (unpaired) electrons. The Morgan fingerprint density at radius 3 is 1.93 bits per heavy atom. The molecule has 0 amide bonds. The fraction of sp³-hybridized carbons (Fsp3) is 0.833. The van der Waals surface area contributed by atoms with Gasteiger partial charge in [-0.25, -0.2) is 0 Å². The van der Waals surface area contributed by atoms with Crippen molar-refractivity contribution in [1.29, 1.82) is 0 Å². The lowest BCUT2D eigenvalue weighted by Crippen LogP contribution is -2.39. The van der Waals surface area contributed by atoms with Crippen molar-refractivity contribution in [2.24, 2.45) is 5.41 Å². The minimum absolute atomic E-state index is 0.00339. The van der Waals surface area contributed by atoms with Gasteiger partial charge in [-0.05, 0) is 12.3 Å². The molecule has 0 aliphatic carbocycles. The smallest absolute Gasteiger partial charge is 0.136 e. The Balaban J connectivity index is 4.29. The molecule has 0 aliphatic heterocycles. The molecule has 0 fully saturated rings. The first-order valence-electron chi connectivity index (χ1n) is 5.57. The van der Waals surface area contributed by atoms with E-state index in [9.17, 15) is 9.59 Å². The summed E-state index contributed by atoms with van der Waals surface area (Å²) in [4.78, 5) is 22.7. The molecule has 0 aromatic heterocycles. The van der Waals surface area contributed by atoms with Crippen LogP contribution in [0.3, 0.4) is 0 Å². The largest absolute Gasteiger partial charge is 0.305 e. The van der Waals surface area contributed by atoms with Crippen LogP contribution < -0.4 is 0 Å². The molecule has 0 aromatic rings. The summed E-state index contributed by atoms with van der Waals surface area (Å²) in [5, 5.41) is 0.208. The van der Waals surface area contributed by atoms with Gasteiger partial charge in [-0.15, -0.1) is 0 Å². The highest BCUT2D eigenvalue weighted by atomic mass is 28.3. The highest BCUT2D eigenvalue weighted by molar-refractivity contribution is 7.04. The standard InChI is InChI=1S/C12H24O2Si/c1-10(13)9-11(14)15(5,6)8-7-12(2,3)4/h7-9H2,1-6H3. The van der Waals surface area contributed by atoms with Gasteiger partial charge < -0.3 is 4.79 Å². The second kappa shape index (κ2) is 5.06. The maximum Gasteiger partial charge on any atom is 0.136 e. The van der Waals surface area contributed by atoms with Gasteiger partial charge in [0, 0.05) is 0 Å². The molecule has 0 atom stereocenters. The lowest BCUT2D eigenvalue weighted by Gasteiger charge is -2.25. The van der Waals surface area contributed by atoms with Crippen LogP contribution in [0, 0.1) is 5.41 Å². The van der Waals surface area contributed by atoms with Crippen LogP contribution in [0.2, 0.25) is 19.1 Å². The molecule has 15 heavy (non-hydrogen) atoms. The van der Waals surface area contributed by atoms with Crippen LogP contribution in [0.15, 0.2) is 0 Å². The van der Waals surface area contributed by atoms with Gasteiger partial charge in [-0.3, -0.25) is 4.79 Å². The Labute approximate surface area is 94.5 Å². The Kier molecular flexibility index (Phi) is 4.91. The van der Waals surface area contributed by atoms with Gasteiger partial charge in [0.05, 0.1) is 6.42 Å². The summed E-state index contributed by atoms with van der Waals surface area (Å²) in [6.07, 6.45) is 1.21. The van der Waals surface area contributed by atoms with Gasteiger partial charge in [0.15, 0.2) is 0 Å². The van der Waals surface area contributed by atoms with E-state index in [2.05, 4.69) is 33.9 Å². The summed E-state index contributed by atoms with van der Waals surface area (Å²) < 4.78 is 0. The van der Waals surface area contributed by atoms with Crippen molar-refractivity contribution < 1.29 is 9.59 Å². The average molecular weight is 228 g/mol. The lowest BCUT2D eigenvalue weighted by molar-refractivity contribution is -0.122. The van der Waals surface area contributed by atoms with Gasteiger partial charge in [0.2, 0.25) is 0 Å². The van der Waals surface area contributed by atoms with Crippen LogP contribution >= 0.6 is 0 Å². The predicted molar refractivity (Wildman–Crippen MR) is 66.7 cm³/mol. The van der Waals surface area contributed by atoms with Gasteiger partial charge >= 0.3 is 0 Å². The number of carbonyl (C=O) groups excluding carboxylic acids is 2. The van der Waals surface area contributed by atoms with E-state index in [0.717, 1.165) is 12.5 Å². The van der Waals surface area contributed by atoms with Crippen molar-refractivity contribution in [3.63, 3.8) is 0 Å². The topological polar surface area (TPSA) is 34.1 Å². The molecule has 0 unspecified atom stereocenters. The molecular formula is C12H24O2Si. The molecule has 0 rings (SSSR count). The van der Waals surface area contributed by atoms with Crippen LogP contribution in [-0.4, -0.2) is 19.3 Å². The molecule has 88 valence electrons. The van der Waals surface area contributed by atoms with E-state index < -0.39 is 8.07 Å². The van der Waals surface area contributed by atoms with Crippen molar-refractivity contribution in [2.75, 3.05) is 0 Å². The third-order valence-electron chi connectivity index (χ3n) is 2.66. The first kappa shape index (κ1) is 14.6. The predicted octanol–water partition coefficient (Wildman–Crippen LogP) is 3.22. The van der Waals surface area contributed by atoms with E-state index in [1.54, 1.807) is 0 Å². The summed E-state index contributed by atoms with van der Waals surface area (Å²) in [7, 11) is -1.84. The van der Waals surface area contributed by atoms with E-state index >= 15 is 0 Å². The SMILES string of the molecule is CC(=O)CC(=O)[Si](C)(C)CCC(C)(C)C. The summed E-state index contributed by atoms with van der Waals surface area (Å²) in [6.45, 7) is 12.2. The zero-order valence-electron chi connectivity index (χ0n) is 10.9. The molecule has 0 saturated carbocycles. The van der Waals surface area contributed by atoms with Crippen molar-refractivity contribution in [1.82, 2.24) is 0 Å².